The molecular weight excluding hydrogens is 298 g/mol. The number of aliphatic imine (C=N–C) groups is 1. The van der Waals surface area contributed by atoms with Gasteiger partial charge >= 0.3 is 0 Å². The zero-order valence-corrected chi connectivity index (χ0v) is 14.5. The van der Waals surface area contributed by atoms with E-state index in [0.717, 1.165) is 31.9 Å². The lowest BCUT2D eigenvalue weighted by Gasteiger charge is -2.11. The first-order valence-electron chi connectivity index (χ1n) is 8.53. The Hall–Kier alpha value is -2.49. The molecule has 3 N–H and O–H groups in total. The molecule has 0 unspecified atom stereocenters. The van der Waals surface area contributed by atoms with Crippen LogP contribution in [0.4, 0.5) is 0 Å². The lowest BCUT2D eigenvalue weighted by atomic mass is 10.1. The topological polar surface area (TPSA) is 56.7 Å². The molecule has 0 saturated heterocycles. The molecular formula is C20H27N3O. The van der Waals surface area contributed by atoms with Crippen LogP contribution in [0.1, 0.15) is 30.0 Å². The molecule has 0 aromatic heterocycles. The van der Waals surface area contributed by atoms with Gasteiger partial charge in [0.2, 0.25) is 0 Å². The molecule has 4 heteroatoms. The van der Waals surface area contributed by atoms with Gasteiger partial charge in [-0.25, -0.2) is 4.99 Å². The van der Waals surface area contributed by atoms with Gasteiger partial charge in [-0.15, -0.1) is 0 Å². The SMILES string of the molecule is CCNC(=NCc1ccc(C)cc1)NCCCc1ccc(O)cc1. The summed E-state index contributed by atoms with van der Waals surface area (Å²) in [6, 6.07) is 15.9. The molecule has 0 heterocycles. The summed E-state index contributed by atoms with van der Waals surface area (Å²) in [5, 5.41) is 15.9. The number of nitrogens with one attached hydrogen (secondary N) is 2. The van der Waals surface area contributed by atoms with Gasteiger partial charge < -0.3 is 15.7 Å². The van der Waals surface area contributed by atoms with Gasteiger partial charge in [0.05, 0.1) is 6.54 Å². The highest BCUT2D eigenvalue weighted by molar-refractivity contribution is 5.79. The number of hydrogen-bond acceptors (Lipinski definition) is 2. The van der Waals surface area contributed by atoms with Crippen molar-refractivity contribution in [3.63, 3.8) is 0 Å². The van der Waals surface area contributed by atoms with Crippen molar-refractivity contribution >= 4 is 5.96 Å². The Morgan fingerprint density at radius 1 is 0.958 bits per heavy atom. The molecule has 128 valence electrons. The van der Waals surface area contributed by atoms with E-state index in [1.54, 1.807) is 12.1 Å². The molecule has 0 atom stereocenters. The molecule has 2 rings (SSSR count). The van der Waals surface area contributed by atoms with E-state index in [1.165, 1.54) is 16.7 Å². The van der Waals surface area contributed by atoms with Crippen molar-refractivity contribution in [3.05, 3.63) is 65.2 Å². The number of benzene rings is 2. The Labute approximate surface area is 144 Å². The summed E-state index contributed by atoms with van der Waals surface area (Å²) < 4.78 is 0. The second-order valence-electron chi connectivity index (χ2n) is 5.88. The Kier molecular flexibility index (Phi) is 7.15. The van der Waals surface area contributed by atoms with Crippen molar-refractivity contribution < 1.29 is 5.11 Å². The molecule has 0 amide bonds. The first kappa shape index (κ1) is 17.9. The molecule has 0 saturated carbocycles. The number of phenolic OH excluding ortho intramolecular Hbond substituents is 1. The van der Waals surface area contributed by atoms with Crippen LogP contribution in [0.3, 0.4) is 0 Å². The van der Waals surface area contributed by atoms with Crippen LogP contribution in [0.25, 0.3) is 0 Å². The third kappa shape index (κ3) is 6.32. The maximum atomic E-state index is 9.29. The Balaban J connectivity index is 1.78. The standard InChI is InChI=1S/C20H27N3O/c1-3-21-20(23-15-18-8-6-16(2)7-9-18)22-14-4-5-17-10-12-19(24)13-11-17/h6-13,24H,3-5,14-15H2,1-2H3,(H2,21,22,23). The summed E-state index contributed by atoms with van der Waals surface area (Å²) >= 11 is 0. The average molecular weight is 325 g/mol. The van der Waals surface area contributed by atoms with Crippen molar-refractivity contribution in [1.82, 2.24) is 10.6 Å². The summed E-state index contributed by atoms with van der Waals surface area (Å²) in [5.74, 6) is 1.17. The molecule has 0 aliphatic heterocycles. The zero-order chi connectivity index (χ0) is 17.2. The second kappa shape index (κ2) is 9.60. The van der Waals surface area contributed by atoms with Crippen molar-refractivity contribution in [2.75, 3.05) is 13.1 Å². The molecule has 0 bridgehead atoms. The van der Waals surface area contributed by atoms with E-state index in [0.29, 0.717) is 12.3 Å². The van der Waals surface area contributed by atoms with Crippen molar-refractivity contribution in [2.45, 2.75) is 33.2 Å². The van der Waals surface area contributed by atoms with Gasteiger partial charge in [-0.1, -0.05) is 42.0 Å². The number of nitrogens with zero attached hydrogens (tertiary/aromatic N) is 1. The van der Waals surface area contributed by atoms with E-state index in [-0.39, 0.29) is 0 Å². The van der Waals surface area contributed by atoms with Crippen molar-refractivity contribution in [3.8, 4) is 5.75 Å². The fourth-order valence-electron chi connectivity index (χ4n) is 2.37. The van der Waals surface area contributed by atoms with Gasteiger partial charge in [-0.05, 0) is 49.9 Å². The van der Waals surface area contributed by atoms with Gasteiger partial charge in [-0.3, -0.25) is 0 Å². The Morgan fingerprint density at radius 3 is 2.29 bits per heavy atom. The highest BCUT2D eigenvalue weighted by Gasteiger charge is 1.99. The van der Waals surface area contributed by atoms with Crippen LogP contribution in [0, 0.1) is 6.92 Å². The minimum Gasteiger partial charge on any atom is -0.508 e. The molecule has 0 aliphatic carbocycles. The van der Waals surface area contributed by atoms with Crippen LogP contribution in [0.5, 0.6) is 5.75 Å². The monoisotopic (exact) mass is 325 g/mol. The summed E-state index contributed by atoms with van der Waals surface area (Å²) in [5.41, 5.74) is 3.71. The van der Waals surface area contributed by atoms with E-state index in [4.69, 9.17) is 0 Å². The van der Waals surface area contributed by atoms with Crippen molar-refractivity contribution in [2.24, 2.45) is 4.99 Å². The van der Waals surface area contributed by atoms with Crippen LogP contribution < -0.4 is 10.6 Å². The van der Waals surface area contributed by atoms with Gasteiger partial charge in [0, 0.05) is 13.1 Å². The number of aromatic hydroxyl groups is 1. The third-order valence-electron chi connectivity index (χ3n) is 3.76. The highest BCUT2D eigenvalue weighted by Crippen LogP contribution is 2.10. The molecule has 2 aromatic rings. The number of hydrogen-bond donors (Lipinski definition) is 3. The van der Waals surface area contributed by atoms with Crippen LogP contribution in [-0.2, 0) is 13.0 Å². The molecule has 0 fully saturated rings. The van der Waals surface area contributed by atoms with E-state index >= 15 is 0 Å². The molecule has 2 aromatic carbocycles. The van der Waals surface area contributed by atoms with E-state index < -0.39 is 0 Å². The zero-order valence-electron chi connectivity index (χ0n) is 14.5. The fraction of sp³-hybridized carbons (Fsp3) is 0.350. The Morgan fingerprint density at radius 2 is 1.62 bits per heavy atom. The van der Waals surface area contributed by atoms with Gasteiger partial charge in [0.1, 0.15) is 5.75 Å². The van der Waals surface area contributed by atoms with Crippen LogP contribution >= 0.6 is 0 Å². The number of guanidine groups is 1. The molecule has 0 aliphatic rings. The van der Waals surface area contributed by atoms with Crippen LogP contribution in [0.15, 0.2) is 53.5 Å². The summed E-state index contributed by atoms with van der Waals surface area (Å²) in [6.45, 7) is 6.54. The smallest absolute Gasteiger partial charge is 0.191 e. The lowest BCUT2D eigenvalue weighted by molar-refractivity contribution is 0.475. The highest BCUT2D eigenvalue weighted by atomic mass is 16.3. The largest absolute Gasteiger partial charge is 0.508 e. The first-order chi connectivity index (χ1) is 11.7. The summed E-state index contributed by atoms with van der Waals surface area (Å²) in [6.07, 6.45) is 1.99. The van der Waals surface area contributed by atoms with E-state index in [2.05, 4.69) is 53.7 Å². The number of aryl methyl sites for hydroxylation is 2. The maximum absolute atomic E-state index is 9.29. The molecule has 24 heavy (non-hydrogen) atoms. The van der Waals surface area contributed by atoms with Gasteiger partial charge in [0.25, 0.3) is 0 Å². The molecule has 0 radical (unpaired) electrons. The normalized spacial score (nSPS) is 11.3. The van der Waals surface area contributed by atoms with E-state index in [1.807, 2.05) is 12.1 Å². The van der Waals surface area contributed by atoms with Crippen molar-refractivity contribution in [1.29, 1.82) is 0 Å². The van der Waals surface area contributed by atoms with Crippen LogP contribution in [0.2, 0.25) is 0 Å². The number of rotatable bonds is 7. The molecule has 4 nitrogen and oxygen atoms in total. The fourth-order valence-corrected chi connectivity index (χ4v) is 2.37. The van der Waals surface area contributed by atoms with E-state index in [9.17, 15) is 5.11 Å². The predicted octanol–water partition coefficient (Wildman–Crippen LogP) is 3.39. The minimum atomic E-state index is 0.314. The maximum Gasteiger partial charge on any atom is 0.191 e. The first-order valence-corrected chi connectivity index (χ1v) is 8.53. The average Bonchev–Trinajstić information content (AvgIpc) is 2.59. The minimum absolute atomic E-state index is 0.314. The Bertz CT molecular complexity index is 633. The summed E-state index contributed by atoms with van der Waals surface area (Å²) in [7, 11) is 0. The lowest BCUT2D eigenvalue weighted by Crippen LogP contribution is -2.37. The van der Waals surface area contributed by atoms with Gasteiger partial charge in [-0.2, -0.15) is 0 Å². The van der Waals surface area contributed by atoms with Crippen LogP contribution in [-0.4, -0.2) is 24.2 Å². The third-order valence-corrected chi connectivity index (χ3v) is 3.76. The quantitative estimate of drug-likeness (QED) is 0.415. The number of phenols is 1. The second-order valence-corrected chi connectivity index (χ2v) is 5.88. The molecule has 0 spiro atoms. The van der Waals surface area contributed by atoms with Gasteiger partial charge in [0.15, 0.2) is 5.96 Å². The summed E-state index contributed by atoms with van der Waals surface area (Å²) in [4.78, 5) is 4.63. The predicted molar refractivity (Wildman–Crippen MR) is 100 cm³/mol.